The molecule has 0 N–H and O–H groups in total. The van der Waals surface area contributed by atoms with Gasteiger partial charge in [0.2, 0.25) is 0 Å². The van der Waals surface area contributed by atoms with Crippen molar-refractivity contribution in [2.45, 2.75) is 32.0 Å². The number of benzene rings is 1. The van der Waals surface area contributed by atoms with Gasteiger partial charge in [-0.1, -0.05) is 50.4 Å². The topological polar surface area (TPSA) is 9.23 Å². The predicted molar refractivity (Wildman–Crippen MR) is 67.2 cm³/mol. The van der Waals surface area contributed by atoms with Crippen molar-refractivity contribution in [3.63, 3.8) is 0 Å². The van der Waals surface area contributed by atoms with Crippen LogP contribution in [0.4, 0.5) is 0 Å². The molecule has 2 unspecified atom stereocenters. The Kier molecular flexibility index (Phi) is 3.25. The van der Waals surface area contributed by atoms with Crippen molar-refractivity contribution in [1.29, 1.82) is 0 Å². The average Bonchev–Trinajstić information content (AvgIpc) is 2.33. The van der Waals surface area contributed by atoms with Gasteiger partial charge in [-0.05, 0) is 23.1 Å². The van der Waals surface area contributed by atoms with Gasteiger partial charge in [-0.25, -0.2) is 0 Å². The summed E-state index contributed by atoms with van der Waals surface area (Å²) in [6.07, 6.45) is 2.09. The van der Waals surface area contributed by atoms with Crippen LogP contribution in [-0.2, 0) is 4.74 Å². The molecule has 0 bridgehead atoms. The van der Waals surface area contributed by atoms with Gasteiger partial charge in [-0.15, -0.1) is 0 Å². The first-order valence-corrected chi connectivity index (χ1v) is 5.79. The summed E-state index contributed by atoms with van der Waals surface area (Å²) in [4.78, 5) is 0. The summed E-state index contributed by atoms with van der Waals surface area (Å²) >= 11 is 0. The lowest BCUT2D eigenvalue weighted by Gasteiger charge is -2.33. The lowest BCUT2D eigenvalue weighted by atomic mass is 9.90. The fraction of sp³-hybridized carbons (Fsp3) is 0.333. The van der Waals surface area contributed by atoms with Crippen LogP contribution in [-0.4, -0.2) is 6.10 Å². The Labute approximate surface area is 97.4 Å². The fourth-order valence-corrected chi connectivity index (χ4v) is 2.12. The molecule has 84 valence electrons. The summed E-state index contributed by atoms with van der Waals surface area (Å²) in [6.45, 7) is 10.3. The van der Waals surface area contributed by atoms with Crippen LogP contribution in [0.25, 0.3) is 0 Å². The standard InChI is InChI=1S/C15H18O/c1-4-14-12(3)11(2)10-15(16-14)13-8-6-5-7-9-13/h5-9,14-15H,2-4,10H2,1H3. The third-order valence-electron chi connectivity index (χ3n) is 3.15. The Morgan fingerprint density at radius 1 is 1.25 bits per heavy atom. The highest BCUT2D eigenvalue weighted by Gasteiger charge is 2.27. The minimum Gasteiger partial charge on any atom is -0.365 e. The van der Waals surface area contributed by atoms with Crippen molar-refractivity contribution < 1.29 is 4.74 Å². The Hall–Kier alpha value is -1.34. The first-order chi connectivity index (χ1) is 7.72. The highest BCUT2D eigenvalue weighted by Crippen LogP contribution is 2.37. The zero-order valence-corrected chi connectivity index (χ0v) is 9.78. The van der Waals surface area contributed by atoms with Crippen molar-refractivity contribution >= 4 is 0 Å². The summed E-state index contributed by atoms with van der Waals surface area (Å²) < 4.78 is 6.04. The SMILES string of the molecule is C=C1CC(c2ccccc2)OC(CC)C1=C. The van der Waals surface area contributed by atoms with Crippen LogP contribution >= 0.6 is 0 Å². The van der Waals surface area contributed by atoms with Crippen LogP contribution in [0.15, 0.2) is 54.6 Å². The molecule has 1 saturated heterocycles. The van der Waals surface area contributed by atoms with Crippen LogP contribution < -0.4 is 0 Å². The molecule has 1 heterocycles. The Balaban J connectivity index is 2.19. The molecule has 1 aliphatic heterocycles. The van der Waals surface area contributed by atoms with Crippen molar-refractivity contribution in [2.24, 2.45) is 0 Å². The van der Waals surface area contributed by atoms with Gasteiger partial charge in [0, 0.05) is 6.42 Å². The molecule has 0 spiro atoms. The third-order valence-corrected chi connectivity index (χ3v) is 3.15. The van der Waals surface area contributed by atoms with Gasteiger partial charge >= 0.3 is 0 Å². The zero-order chi connectivity index (χ0) is 11.5. The van der Waals surface area contributed by atoms with Gasteiger partial charge in [0.25, 0.3) is 0 Å². The number of rotatable bonds is 2. The summed E-state index contributed by atoms with van der Waals surface area (Å²) in [6, 6.07) is 10.3. The molecule has 1 nitrogen and oxygen atoms in total. The second-order valence-corrected chi connectivity index (χ2v) is 4.27. The molecule has 0 amide bonds. The highest BCUT2D eigenvalue weighted by molar-refractivity contribution is 5.34. The van der Waals surface area contributed by atoms with E-state index < -0.39 is 0 Å². The van der Waals surface area contributed by atoms with Crippen LogP contribution in [0.1, 0.15) is 31.4 Å². The molecule has 1 aromatic carbocycles. The molecule has 16 heavy (non-hydrogen) atoms. The molecule has 0 aliphatic carbocycles. The summed E-state index contributed by atoms with van der Waals surface area (Å²) in [5, 5.41) is 0. The number of hydrogen-bond acceptors (Lipinski definition) is 1. The highest BCUT2D eigenvalue weighted by atomic mass is 16.5. The van der Waals surface area contributed by atoms with Crippen molar-refractivity contribution in [3.8, 4) is 0 Å². The quantitative estimate of drug-likeness (QED) is 0.722. The summed E-state index contributed by atoms with van der Waals surface area (Å²) in [5.74, 6) is 0. The Morgan fingerprint density at radius 3 is 2.56 bits per heavy atom. The van der Waals surface area contributed by atoms with Gasteiger partial charge < -0.3 is 4.74 Å². The van der Waals surface area contributed by atoms with Crippen molar-refractivity contribution in [2.75, 3.05) is 0 Å². The van der Waals surface area contributed by atoms with E-state index in [4.69, 9.17) is 4.74 Å². The monoisotopic (exact) mass is 214 g/mol. The van der Waals surface area contributed by atoms with Crippen molar-refractivity contribution in [1.82, 2.24) is 0 Å². The molecule has 2 atom stereocenters. The lowest BCUT2D eigenvalue weighted by Crippen LogP contribution is -2.25. The van der Waals surface area contributed by atoms with Crippen LogP contribution in [0.2, 0.25) is 0 Å². The first kappa shape index (κ1) is 11.2. The smallest absolute Gasteiger partial charge is 0.0873 e. The van der Waals surface area contributed by atoms with E-state index >= 15 is 0 Å². The lowest BCUT2D eigenvalue weighted by molar-refractivity contribution is -0.00789. The van der Waals surface area contributed by atoms with E-state index in [0.717, 1.165) is 24.0 Å². The molecule has 1 aromatic rings. The largest absolute Gasteiger partial charge is 0.365 e. The van der Waals surface area contributed by atoms with E-state index in [-0.39, 0.29) is 12.2 Å². The molecule has 0 radical (unpaired) electrons. The van der Waals surface area contributed by atoms with E-state index in [2.05, 4.69) is 32.2 Å². The minimum absolute atomic E-state index is 0.131. The Morgan fingerprint density at radius 2 is 1.94 bits per heavy atom. The van der Waals surface area contributed by atoms with Crippen LogP contribution in [0.5, 0.6) is 0 Å². The van der Waals surface area contributed by atoms with E-state index in [1.165, 1.54) is 5.56 Å². The van der Waals surface area contributed by atoms with Gasteiger partial charge in [0.1, 0.15) is 0 Å². The first-order valence-electron chi connectivity index (χ1n) is 5.79. The van der Waals surface area contributed by atoms with Gasteiger partial charge in [0.15, 0.2) is 0 Å². The molecule has 1 aliphatic rings. The van der Waals surface area contributed by atoms with E-state index in [1.807, 2.05) is 18.2 Å². The van der Waals surface area contributed by atoms with Gasteiger partial charge in [-0.3, -0.25) is 0 Å². The molecule has 1 fully saturated rings. The Bertz CT molecular complexity index is 391. The minimum atomic E-state index is 0.131. The summed E-state index contributed by atoms with van der Waals surface area (Å²) in [5.41, 5.74) is 3.43. The van der Waals surface area contributed by atoms with Gasteiger partial charge in [0.05, 0.1) is 12.2 Å². The maximum Gasteiger partial charge on any atom is 0.0873 e. The van der Waals surface area contributed by atoms with E-state index in [1.54, 1.807) is 0 Å². The van der Waals surface area contributed by atoms with E-state index in [9.17, 15) is 0 Å². The normalized spacial score (nSPS) is 25.8. The predicted octanol–water partition coefficient (Wildman–Crippen LogP) is 4.04. The maximum atomic E-state index is 6.04. The maximum absolute atomic E-state index is 6.04. The number of hydrogen-bond donors (Lipinski definition) is 0. The van der Waals surface area contributed by atoms with Gasteiger partial charge in [-0.2, -0.15) is 0 Å². The second kappa shape index (κ2) is 4.67. The van der Waals surface area contributed by atoms with Crippen LogP contribution in [0, 0.1) is 0 Å². The van der Waals surface area contributed by atoms with E-state index in [0.29, 0.717) is 0 Å². The fourth-order valence-electron chi connectivity index (χ4n) is 2.12. The molecule has 0 aromatic heterocycles. The zero-order valence-electron chi connectivity index (χ0n) is 9.78. The average molecular weight is 214 g/mol. The third kappa shape index (κ3) is 2.10. The molecule has 0 saturated carbocycles. The summed E-state index contributed by atoms with van der Waals surface area (Å²) in [7, 11) is 0. The molecular weight excluding hydrogens is 196 g/mol. The second-order valence-electron chi connectivity index (χ2n) is 4.27. The molecule has 2 rings (SSSR count). The molecule has 1 heteroatoms. The van der Waals surface area contributed by atoms with Crippen LogP contribution in [0.3, 0.4) is 0 Å². The molecular formula is C15H18O. The van der Waals surface area contributed by atoms with Crippen molar-refractivity contribution in [3.05, 3.63) is 60.2 Å². The number of ether oxygens (including phenoxy) is 1.